The van der Waals surface area contributed by atoms with Crippen molar-refractivity contribution in [3.8, 4) is 0 Å². The molecule has 0 bridgehead atoms. The van der Waals surface area contributed by atoms with E-state index < -0.39 is 53.8 Å². The van der Waals surface area contributed by atoms with Crippen LogP contribution >= 0.6 is 0 Å². The molecule has 2 aromatic rings. The van der Waals surface area contributed by atoms with Gasteiger partial charge in [0.15, 0.2) is 0 Å². The molecule has 0 saturated carbocycles. The van der Waals surface area contributed by atoms with E-state index in [4.69, 9.17) is 25.4 Å². The Bertz CT molecular complexity index is 1130. The predicted molar refractivity (Wildman–Crippen MR) is 119 cm³/mol. The summed E-state index contributed by atoms with van der Waals surface area (Å²) in [5, 5.41) is 36.9. The van der Waals surface area contributed by atoms with Crippen molar-refractivity contribution in [2.45, 2.75) is 64.1 Å². The van der Waals surface area contributed by atoms with Crippen molar-refractivity contribution in [2.24, 2.45) is 0 Å². The van der Waals surface area contributed by atoms with Gasteiger partial charge in [-0.15, -0.1) is 0 Å². The van der Waals surface area contributed by atoms with Crippen LogP contribution in [0.1, 0.15) is 38.3 Å². The quantitative estimate of drug-likeness (QED) is 0.268. The molecule has 7 N–H and O–H groups in total. The number of rotatable bonds is 4. The van der Waals surface area contributed by atoms with E-state index in [1.165, 1.54) is 27.6 Å². The number of nitrogen functional groups attached to an aromatic ring is 1. The van der Waals surface area contributed by atoms with E-state index in [-0.39, 0.29) is 39.3 Å². The summed E-state index contributed by atoms with van der Waals surface area (Å²) in [6, 6.07) is 1.48. The smallest absolute Gasteiger partial charge is 0.351 e. The first-order valence-corrected chi connectivity index (χ1v) is 10.2. The molecule has 14 nitrogen and oxygen atoms in total. The third-order valence-electron chi connectivity index (χ3n) is 5.39. The molecule has 2 aliphatic rings. The number of aromatic nitrogens is 4. The van der Waals surface area contributed by atoms with Crippen LogP contribution < -0.4 is 22.7 Å². The van der Waals surface area contributed by atoms with Gasteiger partial charge >= 0.3 is 11.4 Å². The second-order valence-corrected chi connectivity index (χ2v) is 7.75. The van der Waals surface area contributed by atoms with Crippen molar-refractivity contribution in [3.63, 3.8) is 0 Å². The van der Waals surface area contributed by atoms with Crippen molar-refractivity contribution in [1.29, 1.82) is 0 Å². The van der Waals surface area contributed by atoms with Crippen molar-refractivity contribution in [2.75, 3.05) is 18.9 Å². The molecule has 0 radical (unpaired) electrons. The zero-order chi connectivity index (χ0) is 24.3. The molecule has 2 unspecified atom stereocenters. The Hall–Kier alpha value is -2.88. The van der Waals surface area contributed by atoms with Gasteiger partial charge in [-0.2, -0.15) is 4.98 Å². The number of nitrogens with zero attached hydrogens (tertiary/aromatic N) is 3. The maximum atomic E-state index is 11.6. The van der Waals surface area contributed by atoms with Gasteiger partial charge in [-0.3, -0.25) is 18.9 Å². The standard InChI is InChI=1S/C10H14N2O5.C9H13N3O4.CH4/c1-5-3-12(10(16)11-9(5)15)8-2-6(14)7(4-13)17-8;10-7-1-2-12(9(15)11-7)8-3-5(14)6(4-13)16-8;/h3,6-8,13-14H,2,4H2,1H3,(H,11,15,16);1-2,5-6,8,13-14H,3-4H2,(H2,10,11,15);1H4/t6?,7-,8-;5?,6-,8-;/m00./s1. The first-order valence-electron chi connectivity index (χ1n) is 10.2. The van der Waals surface area contributed by atoms with Gasteiger partial charge in [-0.1, -0.05) is 7.43 Å². The predicted octanol–water partition coefficient (Wildman–Crippen LogP) is -2.41. The van der Waals surface area contributed by atoms with E-state index in [9.17, 15) is 24.6 Å². The highest BCUT2D eigenvalue weighted by Crippen LogP contribution is 2.28. The van der Waals surface area contributed by atoms with Crippen molar-refractivity contribution in [1.82, 2.24) is 19.1 Å². The van der Waals surface area contributed by atoms with Crippen LogP contribution in [0.25, 0.3) is 0 Å². The number of ether oxygens (including phenoxy) is 2. The molecular formula is C20H31N5O9. The average Bonchev–Trinajstić information content (AvgIpc) is 3.32. The number of H-pyrrole nitrogens is 1. The van der Waals surface area contributed by atoms with Crippen LogP contribution in [0.5, 0.6) is 0 Å². The lowest BCUT2D eigenvalue weighted by atomic mass is 10.2. The molecule has 0 aromatic carbocycles. The van der Waals surface area contributed by atoms with Crippen LogP contribution in [0.2, 0.25) is 0 Å². The Morgan fingerprint density at radius 1 is 1.06 bits per heavy atom. The minimum Gasteiger partial charge on any atom is -0.394 e. The summed E-state index contributed by atoms with van der Waals surface area (Å²) in [4.78, 5) is 39.9. The molecule has 0 spiro atoms. The van der Waals surface area contributed by atoms with Gasteiger partial charge < -0.3 is 35.6 Å². The van der Waals surface area contributed by atoms with Crippen molar-refractivity contribution >= 4 is 5.82 Å². The van der Waals surface area contributed by atoms with Gasteiger partial charge in [0.25, 0.3) is 5.56 Å². The average molecular weight is 485 g/mol. The highest BCUT2D eigenvalue weighted by atomic mass is 16.5. The molecule has 4 rings (SSSR count). The van der Waals surface area contributed by atoms with Crippen molar-refractivity contribution < 1.29 is 29.9 Å². The van der Waals surface area contributed by atoms with Gasteiger partial charge in [0, 0.05) is 30.8 Å². The first-order chi connectivity index (χ1) is 15.6. The fourth-order valence-corrected chi connectivity index (χ4v) is 3.55. The minimum absolute atomic E-state index is 0. The van der Waals surface area contributed by atoms with Crippen LogP contribution in [0.15, 0.2) is 32.8 Å². The van der Waals surface area contributed by atoms with Crippen LogP contribution in [0, 0.1) is 6.92 Å². The van der Waals surface area contributed by atoms with E-state index in [0.29, 0.717) is 5.56 Å². The molecule has 2 saturated heterocycles. The van der Waals surface area contributed by atoms with E-state index in [1.54, 1.807) is 6.92 Å². The third-order valence-corrected chi connectivity index (χ3v) is 5.39. The maximum Gasteiger partial charge on any atom is 0.351 e. The van der Waals surface area contributed by atoms with Crippen LogP contribution in [0.3, 0.4) is 0 Å². The SMILES string of the molecule is C.Cc1cn([C@@H]2CC(O)[C@H](CO)O2)c(=O)[nH]c1=O.Nc1ccn([C@@H]2CC(O)[C@H](CO)O2)c(=O)n1. The number of nitrogens with one attached hydrogen (secondary N) is 1. The molecule has 14 heteroatoms. The Kier molecular flexibility index (Phi) is 9.26. The summed E-state index contributed by atoms with van der Waals surface area (Å²) < 4.78 is 13.1. The van der Waals surface area contributed by atoms with E-state index in [2.05, 4.69) is 9.97 Å². The molecule has 2 aliphatic heterocycles. The zero-order valence-electron chi connectivity index (χ0n) is 17.8. The van der Waals surface area contributed by atoms with Crippen LogP contribution in [0.4, 0.5) is 5.82 Å². The number of nitrogens with two attached hydrogens (primary N) is 1. The van der Waals surface area contributed by atoms with Crippen LogP contribution in [-0.2, 0) is 9.47 Å². The summed E-state index contributed by atoms with van der Waals surface area (Å²) in [6.45, 7) is 0.979. The van der Waals surface area contributed by atoms with Crippen molar-refractivity contribution in [3.05, 3.63) is 55.3 Å². The largest absolute Gasteiger partial charge is 0.394 e. The fourth-order valence-electron chi connectivity index (χ4n) is 3.55. The number of anilines is 1. The summed E-state index contributed by atoms with van der Waals surface area (Å²) in [7, 11) is 0. The molecule has 6 atom stereocenters. The molecular weight excluding hydrogens is 454 g/mol. The second-order valence-electron chi connectivity index (χ2n) is 7.75. The second kappa shape index (κ2) is 11.5. The summed E-state index contributed by atoms with van der Waals surface area (Å²) >= 11 is 0. The molecule has 0 amide bonds. The lowest BCUT2D eigenvalue weighted by Crippen LogP contribution is -2.33. The molecule has 34 heavy (non-hydrogen) atoms. The van der Waals surface area contributed by atoms with Gasteiger partial charge in [0.2, 0.25) is 0 Å². The molecule has 4 heterocycles. The summed E-state index contributed by atoms with van der Waals surface area (Å²) in [5.74, 6) is 0.138. The van der Waals surface area contributed by atoms with E-state index in [1.807, 2.05) is 0 Å². The Labute approximate surface area is 193 Å². The summed E-state index contributed by atoms with van der Waals surface area (Å²) in [5.41, 5.74) is 4.18. The molecule has 0 aliphatic carbocycles. The third kappa shape index (κ3) is 5.97. The van der Waals surface area contributed by atoms with Crippen LogP contribution in [-0.4, -0.2) is 77.2 Å². The number of aliphatic hydroxyl groups is 4. The highest BCUT2D eigenvalue weighted by Gasteiger charge is 2.35. The summed E-state index contributed by atoms with van der Waals surface area (Å²) in [6.07, 6.45) is -0.914. The number of aliphatic hydroxyl groups excluding tert-OH is 4. The van der Waals surface area contributed by atoms with Gasteiger partial charge in [-0.05, 0) is 13.0 Å². The Morgan fingerprint density at radius 3 is 2.06 bits per heavy atom. The normalized spacial score (nSPS) is 28.1. The highest BCUT2D eigenvalue weighted by molar-refractivity contribution is 5.23. The first kappa shape index (κ1) is 27.4. The monoisotopic (exact) mass is 485 g/mol. The molecule has 2 aromatic heterocycles. The zero-order valence-corrected chi connectivity index (χ0v) is 17.8. The molecule has 2 fully saturated rings. The number of hydrogen-bond acceptors (Lipinski definition) is 11. The Morgan fingerprint density at radius 2 is 1.59 bits per heavy atom. The number of aryl methyl sites for hydroxylation is 1. The fraction of sp³-hybridized carbons (Fsp3) is 0.600. The van der Waals surface area contributed by atoms with Gasteiger partial charge in [0.05, 0.1) is 25.4 Å². The lowest BCUT2D eigenvalue weighted by Gasteiger charge is -2.14. The maximum absolute atomic E-state index is 11.6. The Balaban J connectivity index is 0.000000234. The molecule has 190 valence electrons. The number of hydrogen-bond donors (Lipinski definition) is 6. The van der Waals surface area contributed by atoms with Gasteiger partial charge in [0.1, 0.15) is 30.5 Å². The minimum atomic E-state index is -0.816. The number of aromatic amines is 1. The topological polar surface area (TPSA) is 215 Å². The lowest BCUT2D eigenvalue weighted by molar-refractivity contribution is -0.0459. The van der Waals surface area contributed by atoms with Gasteiger partial charge in [-0.25, -0.2) is 9.59 Å². The van der Waals surface area contributed by atoms with E-state index in [0.717, 1.165) is 0 Å². The van der Waals surface area contributed by atoms with E-state index >= 15 is 0 Å².